The van der Waals surface area contributed by atoms with Gasteiger partial charge in [0, 0.05) is 13.6 Å². The van der Waals surface area contributed by atoms with E-state index in [1.807, 2.05) is 0 Å². The monoisotopic (exact) mass is 503 g/mol. The Labute approximate surface area is 197 Å². The van der Waals surface area contributed by atoms with Crippen LogP contribution in [0.3, 0.4) is 0 Å². The zero-order valence-electron chi connectivity index (χ0n) is 17.8. The van der Waals surface area contributed by atoms with Gasteiger partial charge in [-0.15, -0.1) is 0 Å². The highest BCUT2D eigenvalue weighted by Gasteiger charge is 2.32. The summed E-state index contributed by atoms with van der Waals surface area (Å²) >= 11 is 12.0. The molecule has 0 aromatic heterocycles. The van der Waals surface area contributed by atoms with Gasteiger partial charge in [-0.25, -0.2) is 12.8 Å². The Morgan fingerprint density at radius 1 is 1.12 bits per heavy atom. The van der Waals surface area contributed by atoms with Gasteiger partial charge in [0.2, 0.25) is 21.8 Å². The van der Waals surface area contributed by atoms with Gasteiger partial charge in [0.05, 0.1) is 22.0 Å². The number of carbonyl (C=O) groups is 2. The molecular weight excluding hydrogens is 480 g/mol. The number of hydrogen-bond acceptors (Lipinski definition) is 4. The molecule has 32 heavy (non-hydrogen) atoms. The van der Waals surface area contributed by atoms with Crippen molar-refractivity contribution >= 4 is 50.7 Å². The Morgan fingerprint density at radius 3 is 2.31 bits per heavy atom. The summed E-state index contributed by atoms with van der Waals surface area (Å²) in [5.74, 6) is -1.89. The quantitative estimate of drug-likeness (QED) is 0.567. The molecule has 0 saturated carbocycles. The highest BCUT2D eigenvalue weighted by atomic mass is 35.5. The van der Waals surface area contributed by atoms with Gasteiger partial charge in [0.1, 0.15) is 18.4 Å². The third-order valence-electron chi connectivity index (χ3n) is 4.77. The number of amides is 2. The number of para-hydroxylation sites is 1. The lowest BCUT2D eigenvalue weighted by atomic mass is 10.1. The molecule has 0 unspecified atom stereocenters. The zero-order chi connectivity index (χ0) is 24.1. The van der Waals surface area contributed by atoms with E-state index in [9.17, 15) is 22.4 Å². The second kappa shape index (κ2) is 11.0. The second-order valence-electron chi connectivity index (χ2n) is 7.03. The van der Waals surface area contributed by atoms with Crippen molar-refractivity contribution in [2.75, 3.05) is 24.2 Å². The fraction of sp³-hybridized carbons (Fsp3) is 0.333. The SMILES string of the molecule is CC[C@H](C(=O)NC)N(Cc1ccc(Cl)c(Cl)c1)C(=O)CN(c1ccccc1F)S(C)(=O)=O. The summed E-state index contributed by atoms with van der Waals surface area (Å²) in [6.07, 6.45) is 1.15. The highest BCUT2D eigenvalue weighted by Crippen LogP contribution is 2.25. The van der Waals surface area contributed by atoms with Gasteiger partial charge in [0.15, 0.2) is 0 Å². The summed E-state index contributed by atoms with van der Waals surface area (Å²) < 4.78 is 39.8. The fourth-order valence-electron chi connectivity index (χ4n) is 3.17. The molecule has 0 aliphatic heterocycles. The molecule has 0 saturated heterocycles. The van der Waals surface area contributed by atoms with Crippen LogP contribution in [0.25, 0.3) is 0 Å². The van der Waals surface area contributed by atoms with E-state index in [0.717, 1.165) is 12.3 Å². The van der Waals surface area contributed by atoms with Crippen LogP contribution in [0.5, 0.6) is 0 Å². The average molecular weight is 504 g/mol. The Morgan fingerprint density at radius 2 is 1.78 bits per heavy atom. The number of benzene rings is 2. The molecule has 2 amide bonds. The van der Waals surface area contributed by atoms with Crippen LogP contribution in [0, 0.1) is 5.82 Å². The molecule has 11 heteroatoms. The van der Waals surface area contributed by atoms with Crippen molar-refractivity contribution in [3.63, 3.8) is 0 Å². The summed E-state index contributed by atoms with van der Waals surface area (Å²) in [6, 6.07) is 9.13. The van der Waals surface area contributed by atoms with Crippen molar-refractivity contribution in [1.82, 2.24) is 10.2 Å². The smallest absolute Gasteiger partial charge is 0.244 e. The van der Waals surface area contributed by atoms with E-state index < -0.39 is 40.2 Å². The lowest BCUT2D eigenvalue weighted by Crippen LogP contribution is -2.51. The van der Waals surface area contributed by atoms with Crippen LogP contribution in [-0.4, -0.2) is 51.0 Å². The summed E-state index contributed by atoms with van der Waals surface area (Å²) in [7, 11) is -2.57. The molecule has 0 aliphatic carbocycles. The molecule has 0 fully saturated rings. The molecule has 0 aliphatic rings. The van der Waals surface area contributed by atoms with E-state index in [0.29, 0.717) is 14.9 Å². The first-order chi connectivity index (χ1) is 15.0. The summed E-state index contributed by atoms with van der Waals surface area (Å²) in [5.41, 5.74) is 0.331. The molecule has 2 aromatic carbocycles. The van der Waals surface area contributed by atoms with Gasteiger partial charge in [-0.1, -0.05) is 48.3 Å². The van der Waals surface area contributed by atoms with Crippen molar-refractivity contribution in [2.45, 2.75) is 25.9 Å². The molecule has 1 N–H and O–H groups in total. The van der Waals surface area contributed by atoms with Gasteiger partial charge in [-0.3, -0.25) is 13.9 Å². The van der Waals surface area contributed by atoms with E-state index >= 15 is 0 Å². The maximum absolute atomic E-state index is 14.3. The van der Waals surface area contributed by atoms with Crippen molar-refractivity contribution < 1.29 is 22.4 Å². The lowest BCUT2D eigenvalue weighted by Gasteiger charge is -2.32. The van der Waals surface area contributed by atoms with Crippen molar-refractivity contribution in [2.24, 2.45) is 0 Å². The van der Waals surface area contributed by atoms with E-state index in [-0.39, 0.29) is 23.7 Å². The summed E-state index contributed by atoms with van der Waals surface area (Å²) in [5, 5.41) is 3.11. The minimum absolute atomic E-state index is 0.0312. The number of anilines is 1. The van der Waals surface area contributed by atoms with E-state index in [2.05, 4.69) is 5.32 Å². The van der Waals surface area contributed by atoms with Crippen molar-refractivity contribution in [3.8, 4) is 0 Å². The zero-order valence-corrected chi connectivity index (χ0v) is 20.1. The molecule has 174 valence electrons. The highest BCUT2D eigenvalue weighted by molar-refractivity contribution is 7.92. The van der Waals surface area contributed by atoms with Gasteiger partial charge in [0.25, 0.3) is 0 Å². The number of sulfonamides is 1. The van der Waals surface area contributed by atoms with Crippen LogP contribution in [0.1, 0.15) is 18.9 Å². The minimum Gasteiger partial charge on any atom is -0.357 e. The topological polar surface area (TPSA) is 86.8 Å². The predicted molar refractivity (Wildman–Crippen MR) is 124 cm³/mol. The number of nitrogens with zero attached hydrogens (tertiary/aromatic N) is 2. The molecule has 1 atom stereocenters. The number of hydrogen-bond donors (Lipinski definition) is 1. The molecule has 0 radical (unpaired) electrons. The number of likely N-dealkylation sites (N-methyl/N-ethyl adjacent to an activating group) is 1. The van der Waals surface area contributed by atoms with E-state index in [4.69, 9.17) is 23.2 Å². The first kappa shape index (κ1) is 25.9. The van der Waals surface area contributed by atoms with Crippen LogP contribution < -0.4 is 9.62 Å². The molecular formula is C21H24Cl2FN3O4S. The lowest BCUT2D eigenvalue weighted by molar-refractivity contribution is -0.140. The first-order valence-electron chi connectivity index (χ1n) is 9.66. The largest absolute Gasteiger partial charge is 0.357 e. The van der Waals surface area contributed by atoms with Crippen molar-refractivity contribution in [1.29, 1.82) is 0 Å². The molecule has 0 heterocycles. The number of carbonyl (C=O) groups excluding carboxylic acids is 2. The van der Waals surface area contributed by atoms with E-state index in [1.165, 1.54) is 30.1 Å². The number of halogens is 3. The minimum atomic E-state index is -4.01. The van der Waals surface area contributed by atoms with Crippen LogP contribution in [0.15, 0.2) is 42.5 Å². The van der Waals surface area contributed by atoms with Crippen LogP contribution in [-0.2, 0) is 26.2 Å². The molecule has 0 bridgehead atoms. The van der Waals surface area contributed by atoms with Crippen LogP contribution in [0.2, 0.25) is 10.0 Å². The molecule has 2 rings (SSSR count). The Hall–Kier alpha value is -2.36. The average Bonchev–Trinajstić information content (AvgIpc) is 2.73. The van der Waals surface area contributed by atoms with Gasteiger partial charge in [-0.2, -0.15) is 0 Å². The number of nitrogens with one attached hydrogen (secondary N) is 1. The Bertz CT molecular complexity index is 1100. The number of rotatable bonds is 9. The van der Waals surface area contributed by atoms with Gasteiger partial charge < -0.3 is 10.2 Å². The maximum atomic E-state index is 14.3. The second-order valence-corrected chi connectivity index (χ2v) is 9.75. The third kappa shape index (κ3) is 6.34. The Balaban J connectivity index is 2.46. The van der Waals surface area contributed by atoms with Crippen LogP contribution in [0.4, 0.5) is 10.1 Å². The Kier molecular flexibility index (Phi) is 8.89. The molecule has 2 aromatic rings. The third-order valence-corrected chi connectivity index (χ3v) is 6.64. The van der Waals surface area contributed by atoms with E-state index in [1.54, 1.807) is 25.1 Å². The molecule has 7 nitrogen and oxygen atoms in total. The van der Waals surface area contributed by atoms with Gasteiger partial charge >= 0.3 is 0 Å². The standard InChI is InChI=1S/C21H24Cl2FN3O4S/c1-4-18(21(29)25-2)26(12-14-9-10-15(22)16(23)11-14)20(28)13-27(32(3,30)31)19-8-6-5-7-17(19)24/h5-11,18H,4,12-13H2,1-3H3,(H,25,29)/t18-/m1/s1. The first-order valence-corrected chi connectivity index (χ1v) is 12.3. The van der Waals surface area contributed by atoms with Crippen LogP contribution >= 0.6 is 23.2 Å². The van der Waals surface area contributed by atoms with Crippen molar-refractivity contribution in [3.05, 3.63) is 63.9 Å². The predicted octanol–water partition coefficient (Wildman–Crippen LogP) is 3.45. The fourth-order valence-corrected chi connectivity index (χ4v) is 4.34. The van der Waals surface area contributed by atoms with Gasteiger partial charge in [-0.05, 0) is 36.2 Å². The molecule has 0 spiro atoms. The summed E-state index contributed by atoms with van der Waals surface area (Å²) in [6.45, 7) is 1.01. The normalized spacial score (nSPS) is 12.2. The maximum Gasteiger partial charge on any atom is 0.244 e. The summed E-state index contributed by atoms with van der Waals surface area (Å²) in [4.78, 5) is 27.0.